The van der Waals surface area contributed by atoms with Crippen LogP contribution in [0.15, 0.2) is 12.1 Å². The topological polar surface area (TPSA) is 83.1 Å². The molecule has 1 aromatic heterocycles. The van der Waals surface area contributed by atoms with Crippen LogP contribution < -0.4 is 16.0 Å². The molecule has 1 aliphatic carbocycles. The van der Waals surface area contributed by atoms with Crippen molar-refractivity contribution in [2.24, 2.45) is 0 Å². The molecule has 6 nitrogen and oxygen atoms in total. The van der Waals surface area contributed by atoms with E-state index in [1.54, 1.807) is 20.0 Å². The molecule has 0 spiro atoms. The first kappa shape index (κ1) is 14.6. The SMILES string of the molecule is CNc1cc(C(=O)NC(C)C(=O)NC2CC2)cc(Cl)n1. The predicted molar refractivity (Wildman–Crippen MR) is 76.9 cm³/mol. The first-order valence-electron chi connectivity index (χ1n) is 6.46. The lowest BCUT2D eigenvalue weighted by Crippen LogP contribution is -2.45. The van der Waals surface area contributed by atoms with Crippen molar-refractivity contribution < 1.29 is 9.59 Å². The maximum Gasteiger partial charge on any atom is 0.252 e. The molecule has 1 aliphatic rings. The fourth-order valence-corrected chi connectivity index (χ4v) is 1.86. The normalized spacial score (nSPS) is 15.3. The Labute approximate surface area is 122 Å². The average Bonchev–Trinajstić information content (AvgIpc) is 3.21. The second-order valence-corrected chi connectivity index (χ2v) is 5.18. The largest absolute Gasteiger partial charge is 0.373 e. The molecule has 1 saturated carbocycles. The van der Waals surface area contributed by atoms with Crippen LogP contribution in [0, 0.1) is 0 Å². The number of carbonyl (C=O) groups is 2. The lowest BCUT2D eigenvalue weighted by Gasteiger charge is -2.14. The zero-order valence-corrected chi connectivity index (χ0v) is 12.1. The molecule has 0 radical (unpaired) electrons. The highest BCUT2D eigenvalue weighted by molar-refractivity contribution is 6.29. The Balaban J connectivity index is 1.99. The summed E-state index contributed by atoms with van der Waals surface area (Å²) in [6, 6.07) is 2.72. The molecule has 2 amide bonds. The molecule has 1 fully saturated rings. The number of halogens is 1. The minimum atomic E-state index is -0.590. The number of nitrogens with one attached hydrogen (secondary N) is 3. The monoisotopic (exact) mass is 296 g/mol. The highest BCUT2D eigenvalue weighted by atomic mass is 35.5. The van der Waals surface area contributed by atoms with Crippen LogP contribution in [0.5, 0.6) is 0 Å². The maximum absolute atomic E-state index is 12.1. The van der Waals surface area contributed by atoms with E-state index in [-0.39, 0.29) is 23.0 Å². The molecule has 0 aliphatic heterocycles. The van der Waals surface area contributed by atoms with Gasteiger partial charge in [0.05, 0.1) is 0 Å². The van der Waals surface area contributed by atoms with E-state index in [9.17, 15) is 9.59 Å². The Morgan fingerprint density at radius 3 is 2.70 bits per heavy atom. The lowest BCUT2D eigenvalue weighted by atomic mass is 10.2. The fourth-order valence-electron chi connectivity index (χ4n) is 1.66. The number of anilines is 1. The van der Waals surface area contributed by atoms with E-state index in [2.05, 4.69) is 20.9 Å². The zero-order valence-electron chi connectivity index (χ0n) is 11.4. The predicted octanol–water partition coefficient (Wildman–Crippen LogP) is 1.17. The molecule has 20 heavy (non-hydrogen) atoms. The molecule has 0 bridgehead atoms. The van der Waals surface area contributed by atoms with Crippen LogP contribution in [0.1, 0.15) is 30.1 Å². The Morgan fingerprint density at radius 1 is 1.40 bits per heavy atom. The number of carbonyl (C=O) groups excluding carboxylic acids is 2. The average molecular weight is 297 g/mol. The van der Waals surface area contributed by atoms with E-state index in [4.69, 9.17) is 11.6 Å². The van der Waals surface area contributed by atoms with Crippen LogP contribution in [-0.2, 0) is 4.79 Å². The molecule has 0 aromatic carbocycles. The third kappa shape index (κ3) is 3.84. The van der Waals surface area contributed by atoms with Gasteiger partial charge >= 0.3 is 0 Å². The lowest BCUT2D eigenvalue weighted by molar-refractivity contribution is -0.122. The van der Waals surface area contributed by atoms with Crippen LogP contribution in [0.25, 0.3) is 0 Å². The number of aromatic nitrogens is 1. The molecular weight excluding hydrogens is 280 g/mol. The fraction of sp³-hybridized carbons (Fsp3) is 0.462. The summed E-state index contributed by atoms with van der Waals surface area (Å²) >= 11 is 5.84. The zero-order chi connectivity index (χ0) is 14.7. The maximum atomic E-state index is 12.1. The summed E-state index contributed by atoms with van der Waals surface area (Å²) in [7, 11) is 1.69. The third-order valence-corrected chi connectivity index (χ3v) is 3.17. The van der Waals surface area contributed by atoms with Gasteiger partial charge in [-0.1, -0.05) is 11.6 Å². The van der Waals surface area contributed by atoms with Crippen molar-refractivity contribution in [2.45, 2.75) is 31.8 Å². The number of amides is 2. The highest BCUT2D eigenvalue weighted by Crippen LogP contribution is 2.18. The van der Waals surface area contributed by atoms with Crippen molar-refractivity contribution in [3.8, 4) is 0 Å². The van der Waals surface area contributed by atoms with Gasteiger partial charge in [0.25, 0.3) is 5.91 Å². The van der Waals surface area contributed by atoms with Gasteiger partial charge in [-0.15, -0.1) is 0 Å². The summed E-state index contributed by atoms with van der Waals surface area (Å²) in [5.41, 5.74) is 0.362. The van der Waals surface area contributed by atoms with Crippen molar-refractivity contribution in [1.82, 2.24) is 15.6 Å². The van der Waals surface area contributed by atoms with E-state index in [1.165, 1.54) is 6.07 Å². The van der Waals surface area contributed by atoms with Gasteiger partial charge in [0.1, 0.15) is 17.0 Å². The molecule has 1 unspecified atom stereocenters. The minimum Gasteiger partial charge on any atom is -0.373 e. The van der Waals surface area contributed by atoms with Gasteiger partial charge < -0.3 is 16.0 Å². The van der Waals surface area contributed by atoms with Crippen LogP contribution in [0.3, 0.4) is 0 Å². The van der Waals surface area contributed by atoms with E-state index in [0.29, 0.717) is 11.4 Å². The molecule has 3 N–H and O–H groups in total. The van der Waals surface area contributed by atoms with Gasteiger partial charge in [-0.25, -0.2) is 4.98 Å². The van der Waals surface area contributed by atoms with E-state index in [0.717, 1.165) is 12.8 Å². The third-order valence-electron chi connectivity index (χ3n) is 2.98. The van der Waals surface area contributed by atoms with E-state index >= 15 is 0 Å². The standard InChI is InChI=1S/C13H17ClN4O2/c1-7(12(19)17-9-3-4-9)16-13(20)8-5-10(14)18-11(6-8)15-2/h5-7,9H,3-4H2,1-2H3,(H,15,18)(H,16,20)(H,17,19). The minimum absolute atomic E-state index is 0.171. The number of pyridine rings is 1. The van der Waals surface area contributed by atoms with Crippen LogP contribution in [-0.4, -0.2) is 35.9 Å². The summed E-state index contributed by atoms with van der Waals surface area (Å²) in [5.74, 6) is -0.0307. The van der Waals surface area contributed by atoms with Crippen LogP contribution in [0.2, 0.25) is 5.15 Å². The van der Waals surface area contributed by atoms with Crippen molar-refractivity contribution in [3.63, 3.8) is 0 Å². The van der Waals surface area contributed by atoms with Gasteiger partial charge in [-0.2, -0.15) is 0 Å². The summed E-state index contributed by atoms with van der Waals surface area (Å²) in [5, 5.41) is 8.52. The molecule has 0 saturated heterocycles. The van der Waals surface area contributed by atoms with Crippen LogP contribution >= 0.6 is 11.6 Å². The summed E-state index contributed by atoms with van der Waals surface area (Å²) in [6.07, 6.45) is 2.02. The van der Waals surface area contributed by atoms with Crippen molar-refractivity contribution in [1.29, 1.82) is 0 Å². The van der Waals surface area contributed by atoms with Crippen molar-refractivity contribution in [2.75, 3.05) is 12.4 Å². The van der Waals surface area contributed by atoms with Gasteiger partial charge in [-0.3, -0.25) is 9.59 Å². The molecule has 1 heterocycles. The van der Waals surface area contributed by atoms with Gasteiger partial charge in [0.2, 0.25) is 5.91 Å². The number of nitrogens with zero attached hydrogens (tertiary/aromatic N) is 1. The second kappa shape index (κ2) is 6.09. The summed E-state index contributed by atoms with van der Waals surface area (Å²) in [6.45, 7) is 1.65. The Bertz CT molecular complexity index is 531. The highest BCUT2D eigenvalue weighted by Gasteiger charge is 2.26. The quantitative estimate of drug-likeness (QED) is 0.712. The van der Waals surface area contributed by atoms with E-state index in [1.807, 2.05) is 0 Å². The Kier molecular flexibility index (Phi) is 4.44. The molecule has 7 heteroatoms. The molecule has 108 valence electrons. The van der Waals surface area contributed by atoms with Gasteiger partial charge in [-0.05, 0) is 31.9 Å². The Morgan fingerprint density at radius 2 is 2.10 bits per heavy atom. The van der Waals surface area contributed by atoms with Crippen molar-refractivity contribution >= 4 is 29.2 Å². The number of hydrogen-bond donors (Lipinski definition) is 3. The molecule has 1 aromatic rings. The first-order chi connectivity index (χ1) is 9.49. The summed E-state index contributed by atoms with van der Waals surface area (Å²) in [4.78, 5) is 27.8. The number of hydrogen-bond acceptors (Lipinski definition) is 4. The van der Waals surface area contributed by atoms with Gasteiger partial charge in [0.15, 0.2) is 0 Å². The van der Waals surface area contributed by atoms with Gasteiger partial charge in [0, 0.05) is 18.7 Å². The number of rotatable bonds is 5. The summed E-state index contributed by atoms with van der Waals surface area (Å²) < 4.78 is 0. The first-order valence-corrected chi connectivity index (χ1v) is 6.84. The smallest absolute Gasteiger partial charge is 0.252 e. The molecule has 2 rings (SSSR count). The second-order valence-electron chi connectivity index (χ2n) is 4.79. The molecule has 1 atom stereocenters. The Hall–Kier alpha value is -1.82. The molecular formula is C13H17ClN4O2. The van der Waals surface area contributed by atoms with Crippen molar-refractivity contribution in [3.05, 3.63) is 22.8 Å². The van der Waals surface area contributed by atoms with E-state index < -0.39 is 6.04 Å². The van der Waals surface area contributed by atoms with Crippen LogP contribution in [0.4, 0.5) is 5.82 Å².